The van der Waals surface area contributed by atoms with Gasteiger partial charge >= 0.3 is 11.9 Å². The molecule has 0 saturated heterocycles. The minimum atomic E-state index is -1.72. The van der Waals surface area contributed by atoms with Gasteiger partial charge in [0.1, 0.15) is 5.41 Å². The highest BCUT2D eigenvalue weighted by molar-refractivity contribution is 5.96. The van der Waals surface area contributed by atoms with Crippen molar-refractivity contribution in [3.63, 3.8) is 0 Å². The molecular formula is C21H21N3O6. The highest BCUT2D eigenvalue weighted by Gasteiger charge is 2.58. The molecule has 3 rings (SSSR count). The molecule has 3 unspecified atom stereocenters. The summed E-state index contributed by atoms with van der Waals surface area (Å²) in [6.07, 6.45) is 1.47. The second-order valence-electron chi connectivity index (χ2n) is 7.07. The smallest absolute Gasteiger partial charge is 0.336 e. The highest BCUT2D eigenvalue weighted by atomic mass is 16.6. The van der Waals surface area contributed by atoms with Gasteiger partial charge in [0.15, 0.2) is 0 Å². The van der Waals surface area contributed by atoms with Gasteiger partial charge in [0.2, 0.25) is 0 Å². The number of nitro groups is 1. The van der Waals surface area contributed by atoms with Crippen molar-refractivity contribution in [2.24, 2.45) is 0 Å². The number of ether oxygens (including phenoxy) is 1. The van der Waals surface area contributed by atoms with Crippen LogP contribution in [0.5, 0.6) is 0 Å². The van der Waals surface area contributed by atoms with Crippen LogP contribution in [0, 0.1) is 10.1 Å². The van der Waals surface area contributed by atoms with E-state index in [4.69, 9.17) is 4.74 Å². The number of nitrogens with zero attached hydrogens (tertiary/aromatic N) is 2. The minimum Gasteiger partial charge on any atom is -0.480 e. The van der Waals surface area contributed by atoms with E-state index in [1.807, 2.05) is 0 Å². The van der Waals surface area contributed by atoms with Gasteiger partial charge in [-0.25, -0.2) is 4.79 Å². The number of carboxylic acids is 1. The van der Waals surface area contributed by atoms with Crippen molar-refractivity contribution < 1.29 is 24.4 Å². The van der Waals surface area contributed by atoms with Crippen LogP contribution in [-0.4, -0.2) is 40.1 Å². The average Bonchev–Trinajstić information content (AvgIpc) is 2.73. The molecule has 0 spiro atoms. The van der Waals surface area contributed by atoms with E-state index in [-0.39, 0.29) is 17.0 Å². The number of nitrogens with one attached hydrogen (secondary N) is 1. The molecule has 0 amide bonds. The number of pyridine rings is 1. The first-order chi connectivity index (χ1) is 14.2. The predicted molar refractivity (Wildman–Crippen MR) is 107 cm³/mol. The van der Waals surface area contributed by atoms with Gasteiger partial charge in [0.25, 0.3) is 5.69 Å². The lowest BCUT2D eigenvalue weighted by Crippen LogP contribution is -2.60. The monoisotopic (exact) mass is 411 g/mol. The lowest BCUT2D eigenvalue weighted by molar-refractivity contribution is -0.384. The number of aliphatic carboxylic acids is 1. The molecule has 0 aliphatic carbocycles. The fourth-order valence-electron chi connectivity index (χ4n) is 4.23. The number of hydrogen-bond donors (Lipinski definition) is 2. The van der Waals surface area contributed by atoms with Crippen LogP contribution in [0.2, 0.25) is 0 Å². The van der Waals surface area contributed by atoms with Crippen molar-refractivity contribution in [2.75, 3.05) is 7.11 Å². The fraction of sp³-hybridized carbons (Fsp3) is 0.286. The molecule has 30 heavy (non-hydrogen) atoms. The van der Waals surface area contributed by atoms with Crippen molar-refractivity contribution in [1.29, 1.82) is 0 Å². The normalized spacial score (nSPS) is 23.4. The van der Waals surface area contributed by atoms with E-state index < -0.39 is 34.2 Å². The van der Waals surface area contributed by atoms with Crippen molar-refractivity contribution in [2.45, 2.75) is 31.2 Å². The number of carboxylic acid groups (broad SMARTS) is 1. The summed E-state index contributed by atoms with van der Waals surface area (Å²) in [6.45, 7) is 3.34. The lowest BCUT2D eigenvalue weighted by Gasteiger charge is -2.46. The van der Waals surface area contributed by atoms with E-state index >= 15 is 0 Å². The van der Waals surface area contributed by atoms with Crippen LogP contribution in [0.25, 0.3) is 0 Å². The topological polar surface area (TPSA) is 132 Å². The first-order valence-electron chi connectivity index (χ1n) is 9.20. The number of aromatic nitrogens is 1. The van der Waals surface area contributed by atoms with Gasteiger partial charge in [0, 0.05) is 36.0 Å². The second-order valence-corrected chi connectivity index (χ2v) is 7.07. The number of non-ortho nitro benzene ring substituents is 1. The quantitative estimate of drug-likeness (QED) is 0.436. The van der Waals surface area contributed by atoms with Gasteiger partial charge in [-0.1, -0.05) is 18.2 Å². The first-order valence-corrected chi connectivity index (χ1v) is 9.20. The molecule has 2 heterocycles. The van der Waals surface area contributed by atoms with E-state index in [0.29, 0.717) is 11.3 Å². The summed E-state index contributed by atoms with van der Waals surface area (Å²) in [5, 5.41) is 24.9. The molecule has 1 aliphatic heterocycles. The summed E-state index contributed by atoms with van der Waals surface area (Å²) in [7, 11) is 1.20. The molecular weight excluding hydrogens is 390 g/mol. The molecule has 1 aromatic carbocycles. The van der Waals surface area contributed by atoms with Crippen LogP contribution in [0.15, 0.2) is 59.9 Å². The van der Waals surface area contributed by atoms with Gasteiger partial charge < -0.3 is 15.2 Å². The number of nitro benzene ring substituents is 1. The highest BCUT2D eigenvalue weighted by Crippen LogP contribution is 2.50. The standard InChI is InChI=1S/C21H21N3O6/c1-12-17(19(25)30-3)18(14-7-6-8-15(11-14)24(28)29)21(20(26)27,13(2)23-12)16-9-4-5-10-22-16/h4-11,13,18,23H,1-3H3,(H,26,27). The number of allylic oxidation sites excluding steroid dienone is 1. The summed E-state index contributed by atoms with van der Waals surface area (Å²) in [4.78, 5) is 40.7. The zero-order valence-electron chi connectivity index (χ0n) is 16.7. The van der Waals surface area contributed by atoms with E-state index in [1.54, 1.807) is 38.1 Å². The maximum atomic E-state index is 12.9. The Kier molecular flexibility index (Phi) is 5.55. The number of carbonyl (C=O) groups excluding carboxylic acids is 1. The number of hydrogen-bond acceptors (Lipinski definition) is 7. The Morgan fingerprint density at radius 3 is 2.57 bits per heavy atom. The molecule has 3 atom stereocenters. The Bertz CT molecular complexity index is 1040. The number of rotatable bonds is 5. The number of esters is 1. The van der Waals surface area contributed by atoms with Gasteiger partial charge in [-0.2, -0.15) is 0 Å². The summed E-state index contributed by atoms with van der Waals surface area (Å²) in [5.74, 6) is -3.01. The van der Waals surface area contributed by atoms with E-state index in [1.165, 1.54) is 31.5 Å². The number of carbonyl (C=O) groups is 2. The van der Waals surface area contributed by atoms with Gasteiger partial charge in [-0.15, -0.1) is 0 Å². The Balaban J connectivity index is 2.42. The zero-order chi connectivity index (χ0) is 22.1. The number of methoxy groups -OCH3 is 1. The fourth-order valence-corrected chi connectivity index (χ4v) is 4.23. The third-order valence-corrected chi connectivity index (χ3v) is 5.53. The lowest BCUT2D eigenvalue weighted by atomic mass is 9.60. The predicted octanol–water partition coefficient (Wildman–Crippen LogP) is 2.53. The Labute approximate surface area is 172 Å². The Hall–Kier alpha value is -3.75. The van der Waals surface area contributed by atoms with E-state index in [2.05, 4.69) is 10.3 Å². The maximum Gasteiger partial charge on any atom is 0.336 e. The van der Waals surface area contributed by atoms with Crippen LogP contribution >= 0.6 is 0 Å². The second kappa shape index (κ2) is 7.94. The van der Waals surface area contributed by atoms with E-state index in [0.717, 1.165) is 0 Å². The molecule has 0 radical (unpaired) electrons. The van der Waals surface area contributed by atoms with Crippen LogP contribution in [0.4, 0.5) is 5.69 Å². The van der Waals surface area contributed by atoms with Crippen LogP contribution in [-0.2, 0) is 19.7 Å². The summed E-state index contributed by atoms with van der Waals surface area (Å²) in [6, 6.07) is 9.85. The SMILES string of the molecule is COC(=O)C1=C(C)NC(C)C(C(=O)O)(c2ccccn2)C1c1cccc([N+](=O)[O-])c1. The third-order valence-electron chi connectivity index (χ3n) is 5.53. The molecule has 1 aliphatic rings. The number of benzene rings is 1. The molecule has 9 heteroatoms. The van der Waals surface area contributed by atoms with Crippen molar-refractivity contribution in [3.8, 4) is 0 Å². The zero-order valence-corrected chi connectivity index (χ0v) is 16.7. The van der Waals surface area contributed by atoms with Crippen molar-refractivity contribution in [1.82, 2.24) is 10.3 Å². The summed E-state index contributed by atoms with van der Waals surface area (Å²) >= 11 is 0. The van der Waals surface area contributed by atoms with Crippen LogP contribution in [0.3, 0.4) is 0 Å². The molecule has 0 saturated carbocycles. The largest absolute Gasteiger partial charge is 0.480 e. The maximum absolute atomic E-state index is 12.9. The third kappa shape index (κ3) is 3.18. The first kappa shape index (κ1) is 21.0. The summed E-state index contributed by atoms with van der Waals surface area (Å²) in [5.41, 5.74) is -0.864. The van der Waals surface area contributed by atoms with Crippen LogP contribution in [0.1, 0.15) is 31.0 Å². The van der Waals surface area contributed by atoms with E-state index in [9.17, 15) is 24.8 Å². The Morgan fingerprint density at radius 2 is 2.00 bits per heavy atom. The molecule has 1 aromatic heterocycles. The molecule has 0 bridgehead atoms. The minimum absolute atomic E-state index is 0.0872. The Morgan fingerprint density at radius 1 is 1.27 bits per heavy atom. The van der Waals surface area contributed by atoms with Gasteiger partial charge in [0.05, 0.1) is 23.3 Å². The molecule has 156 valence electrons. The van der Waals surface area contributed by atoms with Crippen molar-refractivity contribution in [3.05, 3.63) is 81.3 Å². The van der Waals surface area contributed by atoms with Crippen LogP contribution < -0.4 is 5.32 Å². The molecule has 0 fully saturated rings. The molecule has 2 N–H and O–H groups in total. The van der Waals surface area contributed by atoms with Gasteiger partial charge in [-0.05, 0) is 31.5 Å². The molecule has 2 aromatic rings. The average molecular weight is 411 g/mol. The molecule has 9 nitrogen and oxygen atoms in total. The van der Waals surface area contributed by atoms with Gasteiger partial charge in [-0.3, -0.25) is 19.9 Å². The van der Waals surface area contributed by atoms with Crippen molar-refractivity contribution >= 4 is 17.6 Å². The summed E-state index contributed by atoms with van der Waals surface area (Å²) < 4.78 is 4.95.